The van der Waals surface area contributed by atoms with Gasteiger partial charge in [0.05, 0.1) is 6.61 Å². The topological polar surface area (TPSA) is 55.5 Å². The maximum absolute atomic E-state index is 8.75. The first-order valence-corrected chi connectivity index (χ1v) is 5.00. The van der Waals surface area contributed by atoms with Crippen molar-refractivity contribution in [2.45, 2.75) is 32.3 Å². The highest BCUT2D eigenvalue weighted by Crippen LogP contribution is 2.30. The van der Waals surface area contributed by atoms with Gasteiger partial charge in [0.15, 0.2) is 5.89 Å². The lowest BCUT2D eigenvalue weighted by molar-refractivity contribution is 0.108. The van der Waals surface area contributed by atoms with Crippen molar-refractivity contribution in [1.82, 2.24) is 4.98 Å². The van der Waals surface area contributed by atoms with Gasteiger partial charge in [-0.15, -0.1) is 0 Å². The Hall–Kier alpha value is -0.870. The normalized spacial score (nSPS) is 21.7. The number of aliphatic hydroxyl groups excluding tert-OH is 1. The molecular weight excluding hydrogens is 182 g/mol. The summed E-state index contributed by atoms with van der Waals surface area (Å²) in [6.45, 7) is 2.78. The molecule has 0 radical (unpaired) electrons. The molecule has 2 rings (SSSR count). The minimum Gasteiger partial charge on any atom is -0.446 e. The van der Waals surface area contributed by atoms with Gasteiger partial charge in [-0.05, 0) is 19.8 Å². The zero-order chi connectivity index (χ0) is 9.97. The van der Waals surface area contributed by atoms with Crippen LogP contribution in [0.15, 0.2) is 4.42 Å². The summed E-state index contributed by atoms with van der Waals surface area (Å²) in [4.78, 5) is 4.33. The molecule has 1 atom stereocenters. The van der Waals surface area contributed by atoms with E-state index in [9.17, 15) is 0 Å². The number of hydrogen-bond acceptors (Lipinski definition) is 4. The molecule has 4 nitrogen and oxygen atoms in total. The summed E-state index contributed by atoms with van der Waals surface area (Å²) in [5.41, 5.74) is 0.908. The van der Waals surface area contributed by atoms with Crippen LogP contribution >= 0.6 is 0 Å². The third-order valence-electron chi connectivity index (χ3n) is 2.44. The van der Waals surface area contributed by atoms with E-state index < -0.39 is 0 Å². The quantitative estimate of drug-likeness (QED) is 0.795. The van der Waals surface area contributed by atoms with Crippen LogP contribution < -0.4 is 0 Å². The van der Waals surface area contributed by atoms with Crippen molar-refractivity contribution in [3.63, 3.8) is 0 Å². The van der Waals surface area contributed by atoms with E-state index in [1.54, 1.807) is 0 Å². The van der Waals surface area contributed by atoms with E-state index in [0.29, 0.717) is 12.3 Å². The molecule has 1 saturated heterocycles. The van der Waals surface area contributed by atoms with Gasteiger partial charge in [0.2, 0.25) is 0 Å². The molecule has 0 saturated carbocycles. The highest BCUT2D eigenvalue weighted by Gasteiger charge is 2.23. The van der Waals surface area contributed by atoms with Gasteiger partial charge < -0.3 is 14.3 Å². The number of hydrogen-bond donors (Lipinski definition) is 1. The fraction of sp³-hybridized carbons (Fsp3) is 0.700. The Balaban J connectivity index is 2.15. The van der Waals surface area contributed by atoms with Gasteiger partial charge >= 0.3 is 0 Å². The molecule has 1 unspecified atom stereocenters. The molecular formula is C10H15NO3. The maximum Gasteiger partial charge on any atom is 0.197 e. The number of aryl methyl sites for hydroxylation is 1. The van der Waals surface area contributed by atoms with Gasteiger partial charge in [-0.25, -0.2) is 4.98 Å². The molecule has 0 aliphatic carbocycles. The fourth-order valence-electron chi connectivity index (χ4n) is 1.76. The summed E-state index contributed by atoms with van der Waals surface area (Å²) in [6.07, 6.45) is 2.69. The molecule has 2 heterocycles. The van der Waals surface area contributed by atoms with Gasteiger partial charge in [-0.1, -0.05) is 0 Å². The van der Waals surface area contributed by atoms with Crippen molar-refractivity contribution in [3.8, 4) is 0 Å². The minimum atomic E-state index is 0.0743. The van der Waals surface area contributed by atoms with Gasteiger partial charge in [0.1, 0.15) is 17.6 Å². The average Bonchev–Trinajstić information content (AvgIpc) is 2.74. The molecule has 1 aromatic heterocycles. The van der Waals surface area contributed by atoms with Crippen LogP contribution in [0.4, 0.5) is 0 Å². The molecule has 4 heteroatoms. The van der Waals surface area contributed by atoms with Crippen LogP contribution in [-0.2, 0) is 11.2 Å². The van der Waals surface area contributed by atoms with E-state index in [-0.39, 0.29) is 12.7 Å². The van der Waals surface area contributed by atoms with Crippen LogP contribution in [0.5, 0.6) is 0 Å². The van der Waals surface area contributed by atoms with E-state index in [4.69, 9.17) is 14.3 Å². The summed E-state index contributed by atoms with van der Waals surface area (Å²) < 4.78 is 10.9. The Kier molecular flexibility index (Phi) is 2.84. The molecule has 1 N–H and O–H groups in total. The van der Waals surface area contributed by atoms with E-state index in [0.717, 1.165) is 30.9 Å². The number of oxazole rings is 1. The monoisotopic (exact) mass is 197 g/mol. The van der Waals surface area contributed by atoms with Gasteiger partial charge in [0.25, 0.3) is 0 Å². The third kappa shape index (κ3) is 1.81. The minimum absolute atomic E-state index is 0.0743. The Labute approximate surface area is 82.9 Å². The Bertz CT molecular complexity index is 302. The zero-order valence-corrected chi connectivity index (χ0v) is 8.32. The molecule has 0 bridgehead atoms. The fourth-order valence-corrected chi connectivity index (χ4v) is 1.76. The van der Waals surface area contributed by atoms with Crippen LogP contribution in [0.1, 0.15) is 36.3 Å². The van der Waals surface area contributed by atoms with Crippen molar-refractivity contribution >= 4 is 0 Å². The van der Waals surface area contributed by atoms with Gasteiger partial charge in [-0.3, -0.25) is 0 Å². The zero-order valence-electron chi connectivity index (χ0n) is 8.32. The predicted octanol–water partition coefficient (Wildman–Crippen LogP) is 1.37. The molecule has 1 aliphatic heterocycles. The first-order valence-electron chi connectivity index (χ1n) is 5.00. The molecule has 1 aliphatic rings. The predicted molar refractivity (Wildman–Crippen MR) is 50.0 cm³/mol. The average molecular weight is 197 g/mol. The van der Waals surface area contributed by atoms with E-state index in [1.807, 2.05) is 6.92 Å². The summed E-state index contributed by atoms with van der Waals surface area (Å²) in [5, 5.41) is 8.75. The molecule has 1 aromatic rings. The van der Waals surface area contributed by atoms with Gasteiger partial charge in [-0.2, -0.15) is 0 Å². The van der Waals surface area contributed by atoms with Crippen molar-refractivity contribution in [2.75, 3.05) is 13.2 Å². The first-order chi connectivity index (χ1) is 6.81. The molecule has 1 fully saturated rings. The highest BCUT2D eigenvalue weighted by molar-refractivity contribution is 5.12. The highest BCUT2D eigenvalue weighted by atomic mass is 16.5. The maximum atomic E-state index is 8.75. The Morgan fingerprint density at radius 3 is 3.07 bits per heavy atom. The number of aliphatic hydroxyl groups is 1. The Morgan fingerprint density at radius 1 is 1.57 bits per heavy atom. The van der Waals surface area contributed by atoms with E-state index in [2.05, 4.69) is 4.98 Å². The van der Waals surface area contributed by atoms with E-state index in [1.165, 1.54) is 0 Å². The van der Waals surface area contributed by atoms with Crippen LogP contribution in [0, 0.1) is 6.92 Å². The second-order valence-electron chi connectivity index (χ2n) is 3.52. The summed E-state index contributed by atoms with van der Waals surface area (Å²) >= 11 is 0. The van der Waals surface area contributed by atoms with Crippen molar-refractivity contribution in [2.24, 2.45) is 0 Å². The number of rotatable bonds is 3. The van der Waals surface area contributed by atoms with Crippen LogP contribution in [0.2, 0.25) is 0 Å². The van der Waals surface area contributed by atoms with E-state index >= 15 is 0 Å². The first kappa shape index (κ1) is 9.68. The summed E-state index contributed by atoms with van der Waals surface area (Å²) in [7, 11) is 0. The number of aromatic nitrogens is 1. The van der Waals surface area contributed by atoms with Crippen LogP contribution in [-0.4, -0.2) is 23.3 Å². The lowest BCUT2D eigenvalue weighted by Crippen LogP contribution is -1.99. The van der Waals surface area contributed by atoms with Crippen molar-refractivity contribution in [3.05, 3.63) is 17.3 Å². The largest absolute Gasteiger partial charge is 0.446 e. The van der Waals surface area contributed by atoms with Crippen molar-refractivity contribution in [1.29, 1.82) is 0 Å². The Morgan fingerprint density at radius 2 is 2.43 bits per heavy atom. The lowest BCUT2D eigenvalue weighted by atomic mass is 10.1. The molecule has 14 heavy (non-hydrogen) atoms. The second kappa shape index (κ2) is 4.11. The number of nitrogens with zero attached hydrogens (tertiary/aromatic N) is 1. The molecule has 0 amide bonds. The smallest absolute Gasteiger partial charge is 0.197 e. The van der Waals surface area contributed by atoms with Crippen LogP contribution in [0.25, 0.3) is 0 Å². The lowest BCUT2D eigenvalue weighted by Gasteiger charge is -2.04. The van der Waals surface area contributed by atoms with Crippen LogP contribution in [0.3, 0.4) is 0 Å². The summed E-state index contributed by atoms with van der Waals surface area (Å²) in [6, 6.07) is 0. The molecule has 0 aromatic carbocycles. The molecule has 0 spiro atoms. The third-order valence-corrected chi connectivity index (χ3v) is 2.44. The van der Waals surface area contributed by atoms with Gasteiger partial charge in [0, 0.05) is 13.0 Å². The molecule has 78 valence electrons. The standard InChI is InChI=1S/C10H15NO3/c1-7-10(8-3-2-6-13-8)11-9(14-7)4-5-12/h8,12H,2-6H2,1H3. The van der Waals surface area contributed by atoms with Crippen molar-refractivity contribution < 1.29 is 14.3 Å². The SMILES string of the molecule is Cc1oc(CCO)nc1C1CCCO1. The number of ether oxygens (including phenoxy) is 1. The summed E-state index contributed by atoms with van der Waals surface area (Å²) in [5.74, 6) is 1.43. The second-order valence-corrected chi connectivity index (χ2v) is 3.52.